The summed E-state index contributed by atoms with van der Waals surface area (Å²) in [4.78, 5) is 27.9. The maximum absolute atomic E-state index is 13.2. The number of urea groups is 1. The van der Waals surface area contributed by atoms with Gasteiger partial charge in [0.05, 0.1) is 19.5 Å². The predicted octanol–water partition coefficient (Wildman–Crippen LogP) is -0.862. The van der Waals surface area contributed by atoms with Gasteiger partial charge in [0.15, 0.2) is 16.5 Å². The number of imide groups is 1. The van der Waals surface area contributed by atoms with Crippen LogP contribution < -0.4 is 15.0 Å². The molecule has 1 unspecified atom stereocenters. The largest absolute Gasteiger partial charge is 0.497 e. The van der Waals surface area contributed by atoms with Crippen LogP contribution in [0, 0.1) is 0 Å². The number of nitrogens with one attached hydrogen (secondary N) is 2. The Kier molecular flexibility index (Phi) is 6.16. The number of hydrogen-bond acceptors (Lipinski definition) is 6. The lowest BCUT2D eigenvalue weighted by atomic mass is 9.92. The van der Waals surface area contributed by atoms with Gasteiger partial charge in [0.2, 0.25) is 0 Å². The van der Waals surface area contributed by atoms with Crippen LogP contribution in [0.2, 0.25) is 0 Å². The third-order valence-corrected chi connectivity index (χ3v) is 7.49. The molecule has 1 aromatic carbocycles. The summed E-state index contributed by atoms with van der Waals surface area (Å²) < 4.78 is 34.2. The van der Waals surface area contributed by atoms with Crippen molar-refractivity contribution in [1.29, 1.82) is 0 Å². The molecule has 2 aliphatic heterocycles. The van der Waals surface area contributed by atoms with E-state index in [0.29, 0.717) is 30.9 Å². The molecule has 10 heteroatoms. The Balaban J connectivity index is 1.82. The number of carbonyl (C=O) groups is 2. The van der Waals surface area contributed by atoms with Gasteiger partial charge in [-0.1, -0.05) is 12.1 Å². The summed E-state index contributed by atoms with van der Waals surface area (Å²) in [6.07, 6.45) is 0.512. The maximum Gasteiger partial charge on any atom is 0.329 e. The van der Waals surface area contributed by atoms with E-state index in [4.69, 9.17) is 9.47 Å². The van der Waals surface area contributed by atoms with E-state index in [-0.39, 0.29) is 30.1 Å². The van der Waals surface area contributed by atoms with Crippen LogP contribution in [0.3, 0.4) is 0 Å². The number of sulfone groups is 1. The fraction of sp³-hybridized carbons (Fsp3) is 0.579. The van der Waals surface area contributed by atoms with Gasteiger partial charge in [-0.25, -0.2) is 18.1 Å². The molecule has 0 bridgehead atoms. The molecule has 3 atom stereocenters. The lowest BCUT2D eigenvalue weighted by molar-refractivity contribution is -0.929. The van der Waals surface area contributed by atoms with Crippen molar-refractivity contribution in [1.82, 2.24) is 10.2 Å². The second-order valence-electron chi connectivity index (χ2n) is 7.68. The number of methoxy groups -OCH3 is 2. The first-order valence-corrected chi connectivity index (χ1v) is 11.3. The van der Waals surface area contributed by atoms with E-state index in [1.165, 1.54) is 12.0 Å². The second kappa shape index (κ2) is 8.29. The first-order valence-electron chi connectivity index (χ1n) is 9.53. The fourth-order valence-electron chi connectivity index (χ4n) is 3.94. The number of quaternary nitrogens is 1. The van der Waals surface area contributed by atoms with E-state index >= 15 is 0 Å². The summed E-state index contributed by atoms with van der Waals surface area (Å²) in [5.41, 5.74) is -0.584. The monoisotopic (exact) mass is 426 g/mol. The quantitative estimate of drug-likeness (QED) is 0.524. The Morgan fingerprint density at radius 3 is 2.69 bits per heavy atom. The highest BCUT2D eigenvalue weighted by atomic mass is 32.2. The SMILES string of the molecule is COCC[NH+](CN1C(=O)N[C@](C)(c2cccc(OC)c2)C1=O)[C@@H]1CCS(=O)(=O)C1. The highest BCUT2D eigenvalue weighted by Gasteiger charge is 2.51. The lowest BCUT2D eigenvalue weighted by Gasteiger charge is -2.28. The molecule has 2 saturated heterocycles. The zero-order chi connectivity index (χ0) is 21.2. The van der Waals surface area contributed by atoms with Gasteiger partial charge in [0.1, 0.15) is 29.6 Å². The molecule has 0 aromatic heterocycles. The molecule has 0 spiro atoms. The van der Waals surface area contributed by atoms with Gasteiger partial charge in [0.25, 0.3) is 5.91 Å². The van der Waals surface area contributed by atoms with Crippen LogP contribution in [0.1, 0.15) is 18.9 Å². The molecule has 0 radical (unpaired) electrons. The van der Waals surface area contributed by atoms with Crippen molar-refractivity contribution in [3.63, 3.8) is 0 Å². The van der Waals surface area contributed by atoms with Gasteiger partial charge in [0, 0.05) is 13.5 Å². The molecule has 0 aliphatic carbocycles. The van der Waals surface area contributed by atoms with E-state index in [1.807, 2.05) is 0 Å². The maximum atomic E-state index is 13.2. The number of nitrogens with zero attached hydrogens (tertiary/aromatic N) is 1. The molecule has 2 aliphatic rings. The second-order valence-corrected chi connectivity index (χ2v) is 9.91. The van der Waals surface area contributed by atoms with Gasteiger partial charge < -0.3 is 19.7 Å². The molecule has 3 amide bonds. The zero-order valence-electron chi connectivity index (χ0n) is 16.9. The van der Waals surface area contributed by atoms with Gasteiger partial charge in [-0.05, 0) is 24.6 Å². The third-order valence-electron chi connectivity index (χ3n) is 5.72. The van der Waals surface area contributed by atoms with Crippen LogP contribution in [0.15, 0.2) is 24.3 Å². The Morgan fingerprint density at radius 2 is 2.07 bits per heavy atom. The number of ether oxygens (including phenoxy) is 2. The normalized spacial score (nSPS) is 27.1. The van der Waals surface area contributed by atoms with Crippen LogP contribution in [-0.4, -0.2) is 76.8 Å². The van der Waals surface area contributed by atoms with Crippen molar-refractivity contribution >= 4 is 21.8 Å². The van der Waals surface area contributed by atoms with Gasteiger partial charge in [-0.3, -0.25) is 4.79 Å². The summed E-state index contributed by atoms with van der Waals surface area (Å²) in [7, 11) is 0.0240. The molecule has 2 fully saturated rings. The smallest absolute Gasteiger partial charge is 0.329 e. The number of carbonyl (C=O) groups excluding carboxylic acids is 2. The van der Waals surface area contributed by atoms with Gasteiger partial charge in [-0.15, -0.1) is 0 Å². The first-order chi connectivity index (χ1) is 13.7. The third kappa shape index (κ3) is 4.39. The summed E-state index contributed by atoms with van der Waals surface area (Å²) >= 11 is 0. The van der Waals surface area contributed by atoms with Crippen molar-refractivity contribution in [3.8, 4) is 5.75 Å². The van der Waals surface area contributed by atoms with Crippen LogP contribution >= 0.6 is 0 Å². The molecular weight excluding hydrogens is 398 g/mol. The molecule has 2 heterocycles. The minimum atomic E-state index is -3.08. The number of hydrogen-bond donors (Lipinski definition) is 2. The molecule has 1 aromatic rings. The summed E-state index contributed by atoms with van der Waals surface area (Å²) in [5.74, 6) is 0.415. The number of benzene rings is 1. The van der Waals surface area contributed by atoms with Crippen molar-refractivity contribution in [2.75, 3.05) is 45.5 Å². The first kappa shape index (κ1) is 21.5. The van der Waals surface area contributed by atoms with Crippen molar-refractivity contribution in [2.24, 2.45) is 0 Å². The highest BCUT2D eigenvalue weighted by Crippen LogP contribution is 2.30. The molecule has 29 heavy (non-hydrogen) atoms. The fourth-order valence-corrected chi connectivity index (χ4v) is 5.76. The Labute approximate surface area is 170 Å². The standard InChI is InChI=1S/C19H27N3O6S/c1-19(14-5-4-6-16(11-14)28-3)17(23)22(18(24)20-19)13-21(8-9-27-2)15-7-10-29(25,26)12-15/h4-6,11,15H,7-10,12-13H2,1-3H3,(H,20,24)/p+1/t15-,19-/m1/s1. The topological polar surface area (TPSA) is 106 Å². The highest BCUT2D eigenvalue weighted by molar-refractivity contribution is 7.91. The summed E-state index contributed by atoms with van der Waals surface area (Å²) in [5, 5.41) is 2.79. The Hall–Kier alpha value is -2.17. The molecule has 160 valence electrons. The number of rotatable bonds is 8. The van der Waals surface area contributed by atoms with Crippen molar-refractivity contribution < 1.29 is 32.4 Å². The molecule has 3 rings (SSSR count). The van der Waals surface area contributed by atoms with Crippen LogP contribution in [0.4, 0.5) is 4.79 Å². The lowest BCUT2D eigenvalue weighted by Crippen LogP contribution is -3.18. The molecular formula is C19H28N3O6S+. The average molecular weight is 427 g/mol. The molecule has 2 N–H and O–H groups in total. The Bertz CT molecular complexity index is 890. The van der Waals surface area contributed by atoms with Crippen LogP contribution in [0.25, 0.3) is 0 Å². The van der Waals surface area contributed by atoms with Crippen LogP contribution in [-0.2, 0) is 24.9 Å². The molecule has 0 saturated carbocycles. The van der Waals surface area contributed by atoms with E-state index in [0.717, 1.165) is 4.90 Å². The van der Waals surface area contributed by atoms with E-state index in [1.54, 1.807) is 38.3 Å². The summed E-state index contributed by atoms with van der Waals surface area (Å²) in [6.45, 7) is 2.66. The molecule has 9 nitrogen and oxygen atoms in total. The van der Waals surface area contributed by atoms with Gasteiger partial charge in [-0.2, -0.15) is 0 Å². The zero-order valence-corrected chi connectivity index (χ0v) is 17.8. The Morgan fingerprint density at radius 1 is 1.31 bits per heavy atom. The van der Waals surface area contributed by atoms with E-state index in [2.05, 4.69) is 5.32 Å². The minimum Gasteiger partial charge on any atom is -0.497 e. The van der Waals surface area contributed by atoms with E-state index < -0.39 is 21.4 Å². The van der Waals surface area contributed by atoms with Crippen molar-refractivity contribution in [3.05, 3.63) is 29.8 Å². The average Bonchev–Trinajstić information content (AvgIpc) is 3.16. The predicted molar refractivity (Wildman–Crippen MR) is 105 cm³/mol. The van der Waals surface area contributed by atoms with Crippen molar-refractivity contribution in [2.45, 2.75) is 24.9 Å². The summed E-state index contributed by atoms with van der Waals surface area (Å²) in [6, 6.07) is 6.37. The van der Waals surface area contributed by atoms with E-state index in [9.17, 15) is 18.0 Å². The van der Waals surface area contributed by atoms with Crippen LogP contribution in [0.5, 0.6) is 5.75 Å². The number of amides is 3. The minimum absolute atomic E-state index is 0.0584. The van der Waals surface area contributed by atoms with Gasteiger partial charge >= 0.3 is 6.03 Å².